The molecule has 3 heterocycles. The molecule has 27 heavy (non-hydrogen) atoms. The SMILES string of the molecule is CCc1nc(-c2cncnc2[C@@H]2CN(CC(=O)N(CC)CC)CCO2)no1. The number of morpholine rings is 1. The van der Waals surface area contributed by atoms with Crippen molar-refractivity contribution in [3.05, 3.63) is 24.1 Å². The van der Waals surface area contributed by atoms with Gasteiger partial charge >= 0.3 is 0 Å². The molecule has 2 aromatic rings. The molecule has 2 aromatic heterocycles. The number of aromatic nitrogens is 4. The summed E-state index contributed by atoms with van der Waals surface area (Å²) in [5.74, 6) is 1.16. The summed E-state index contributed by atoms with van der Waals surface area (Å²) >= 11 is 0. The molecule has 9 heteroatoms. The van der Waals surface area contributed by atoms with E-state index in [9.17, 15) is 4.79 Å². The minimum Gasteiger partial charge on any atom is -0.369 e. The maximum absolute atomic E-state index is 12.4. The molecule has 0 N–H and O–H groups in total. The van der Waals surface area contributed by atoms with Crippen LogP contribution in [0.15, 0.2) is 17.0 Å². The second-order valence-electron chi connectivity index (χ2n) is 6.35. The van der Waals surface area contributed by atoms with Crippen LogP contribution in [0.25, 0.3) is 11.4 Å². The minimum absolute atomic E-state index is 0.134. The Morgan fingerprint density at radius 2 is 2.15 bits per heavy atom. The Morgan fingerprint density at radius 3 is 2.85 bits per heavy atom. The van der Waals surface area contributed by atoms with Crippen LogP contribution in [0, 0.1) is 0 Å². The van der Waals surface area contributed by atoms with E-state index in [2.05, 4.69) is 25.0 Å². The maximum atomic E-state index is 12.4. The molecular formula is C18H26N6O3. The summed E-state index contributed by atoms with van der Waals surface area (Å²) in [6.07, 6.45) is 3.56. The first-order chi connectivity index (χ1) is 13.2. The predicted octanol–water partition coefficient (Wildman–Crippen LogP) is 1.33. The lowest BCUT2D eigenvalue weighted by Crippen LogP contribution is -2.45. The van der Waals surface area contributed by atoms with Gasteiger partial charge in [0.1, 0.15) is 12.4 Å². The van der Waals surface area contributed by atoms with E-state index in [1.807, 2.05) is 25.7 Å². The molecule has 146 valence electrons. The Balaban J connectivity index is 1.76. The van der Waals surface area contributed by atoms with E-state index >= 15 is 0 Å². The van der Waals surface area contributed by atoms with Crippen molar-refractivity contribution in [2.75, 3.05) is 39.3 Å². The fraction of sp³-hybridized carbons (Fsp3) is 0.611. The third-order valence-corrected chi connectivity index (χ3v) is 4.69. The summed E-state index contributed by atoms with van der Waals surface area (Å²) < 4.78 is 11.2. The second kappa shape index (κ2) is 9.01. The molecule has 1 aliphatic heterocycles. The number of aryl methyl sites for hydroxylation is 1. The molecule has 0 aromatic carbocycles. The quantitative estimate of drug-likeness (QED) is 0.716. The van der Waals surface area contributed by atoms with E-state index in [4.69, 9.17) is 9.26 Å². The molecule has 3 rings (SSSR count). The van der Waals surface area contributed by atoms with Gasteiger partial charge in [-0.05, 0) is 13.8 Å². The predicted molar refractivity (Wildman–Crippen MR) is 97.8 cm³/mol. The van der Waals surface area contributed by atoms with Crippen molar-refractivity contribution >= 4 is 5.91 Å². The number of nitrogens with zero attached hydrogens (tertiary/aromatic N) is 6. The van der Waals surface area contributed by atoms with Crippen molar-refractivity contribution < 1.29 is 14.1 Å². The molecule has 1 amide bonds. The number of carbonyl (C=O) groups is 1. The summed E-state index contributed by atoms with van der Waals surface area (Å²) in [6.45, 7) is 9.58. The first kappa shape index (κ1) is 19.4. The van der Waals surface area contributed by atoms with Crippen LogP contribution in [-0.4, -0.2) is 75.1 Å². The monoisotopic (exact) mass is 374 g/mol. The Hall–Kier alpha value is -2.39. The zero-order valence-electron chi connectivity index (χ0n) is 16.1. The molecule has 1 atom stereocenters. The highest BCUT2D eigenvalue weighted by Gasteiger charge is 2.28. The van der Waals surface area contributed by atoms with Crippen LogP contribution in [0.1, 0.15) is 38.5 Å². The van der Waals surface area contributed by atoms with Crippen LogP contribution in [0.3, 0.4) is 0 Å². The minimum atomic E-state index is -0.273. The molecule has 0 saturated carbocycles. The highest BCUT2D eigenvalue weighted by atomic mass is 16.5. The molecular weight excluding hydrogens is 348 g/mol. The van der Waals surface area contributed by atoms with Crippen LogP contribution >= 0.6 is 0 Å². The lowest BCUT2D eigenvalue weighted by molar-refractivity contribution is -0.134. The topological polar surface area (TPSA) is 97.5 Å². The maximum Gasteiger partial charge on any atom is 0.236 e. The smallest absolute Gasteiger partial charge is 0.236 e. The van der Waals surface area contributed by atoms with E-state index < -0.39 is 0 Å². The van der Waals surface area contributed by atoms with E-state index in [0.717, 1.165) is 13.1 Å². The van der Waals surface area contributed by atoms with Crippen LogP contribution in [-0.2, 0) is 16.0 Å². The van der Waals surface area contributed by atoms with Crippen molar-refractivity contribution in [1.29, 1.82) is 0 Å². The van der Waals surface area contributed by atoms with Gasteiger partial charge in [0.2, 0.25) is 17.6 Å². The molecule has 0 spiro atoms. The molecule has 9 nitrogen and oxygen atoms in total. The van der Waals surface area contributed by atoms with Gasteiger partial charge in [-0.1, -0.05) is 12.1 Å². The van der Waals surface area contributed by atoms with E-state index in [1.165, 1.54) is 6.33 Å². The molecule has 1 fully saturated rings. The third kappa shape index (κ3) is 4.48. The van der Waals surface area contributed by atoms with Crippen molar-refractivity contribution in [3.8, 4) is 11.4 Å². The number of ether oxygens (including phenoxy) is 1. The highest BCUT2D eigenvalue weighted by Crippen LogP contribution is 2.28. The van der Waals surface area contributed by atoms with Gasteiger partial charge in [0.15, 0.2) is 0 Å². The lowest BCUT2D eigenvalue weighted by atomic mass is 10.1. The van der Waals surface area contributed by atoms with Gasteiger partial charge in [-0.3, -0.25) is 9.69 Å². The molecule has 0 unspecified atom stereocenters. The number of rotatable bonds is 7. The van der Waals surface area contributed by atoms with Gasteiger partial charge in [0.25, 0.3) is 0 Å². The summed E-state index contributed by atoms with van der Waals surface area (Å²) in [4.78, 5) is 29.3. The molecule has 0 bridgehead atoms. The summed E-state index contributed by atoms with van der Waals surface area (Å²) in [5, 5.41) is 4.03. The largest absolute Gasteiger partial charge is 0.369 e. The zero-order chi connectivity index (χ0) is 19.2. The lowest BCUT2D eigenvalue weighted by Gasteiger charge is -2.33. The van der Waals surface area contributed by atoms with Gasteiger partial charge in [-0.25, -0.2) is 9.97 Å². The standard InChI is InChI=1S/C18H26N6O3/c1-4-15-21-18(22-27-15)13-9-19-12-20-17(13)14-10-23(7-8-26-14)11-16(25)24(5-2)6-3/h9,12,14H,4-8,10-11H2,1-3H3/t14-/m0/s1. The van der Waals surface area contributed by atoms with Gasteiger partial charge in [0, 0.05) is 38.8 Å². The molecule has 1 saturated heterocycles. The fourth-order valence-electron chi connectivity index (χ4n) is 3.15. The van der Waals surface area contributed by atoms with Gasteiger partial charge in [0.05, 0.1) is 24.4 Å². The fourth-order valence-corrected chi connectivity index (χ4v) is 3.15. The highest BCUT2D eigenvalue weighted by molar-refractivity contribution is 5.78. The van der Waals surface area contributed by atoms with Crippen molar-refractivity contribution in [2.45, 2.75) is 33.3 Å². The van der Waals surface area contributed by atoms with Gasteiger partial charge < -0.3 is 14.2 Å². The van der Waals surface area contributed by atoms with Gasteiger partial charge in [-0.2, -0.15) is 4.98 Å². The second-order valence-corrected chi connectivity index (χ2v) is 6.35. The first-order valence-corrected chi connectivity index (χ1v) is 9.40. The number of hydrogen-bond donors (Lipinski definition) is 0. The average molecular weight is 374 g/mol. The summed E-state index contributed by atoms with van der Waals surface area (Å²) in [5.41, 5.74) is 1.41. The van der Waals surface area contributed by atoms with Crippen LogP contribution < -0.4 is 0 Å². The van der Waals surface area contributed by atoms with E-state index in [1.54, 1.807) is 6.20 Å². The number of amides is 1. The average Bonchev–Trinajstić information content (AvgIpc) is 3.18. The number of hydrogen-bond acceptors (Lipinski definition) is 8. The van der Waals surface area contributed by atoms with Crippen molar-refractivity contribution in [2.24, 2.45) is 0 Å². The molecule has 0 aliphatic carbocycles. The zero-order valence-corrected chi connectivity index (χ0v) is 16.1. The third-order valence-electron chi connectivity index (χ3n) is 4.69. The number of carbonyl (C=O) groups excluding carboxylic acids is 1. The van der Waals surface area contributed by atoms with Crippen LogP contribution in [0.4, 0.5) is 0 Å². The molecule has 0 radical (unpaired) electrons. The van der Waals surface area contributed by atoms with E-state index in [0.29, 0.717) is 55.6 Å². The first-order valence-electron chi connectivity index (χ1n) is 9.40. The van der Waals surface area contributed by atoms with Crippen LogP contribution in [0.5, 0.6) is 0 Å². The van der Waals surface area contributed by atoms with Crippen molar-refractivity contribution in [1.82, 2.24) is 29.9 Å². The van der Waals surface area contributed by atoms with Crippen LogP contribution in [0.2, 0.25) is 0 Å². The Labute approximate surface area is 158 Å². The molecule has 1 aliphatic rings. The Bertz CT molecular complexity index is 761. The Morgan fingerprint density at radius 1 is 1.33 bits per heavy atom. The normalized spacial score (nSPS) is 17.8. The summed E-state index contributed by atoms with van der Waals surface area (Å²) in [6, 6.07) is 0. The van der Waals surface area contributed by atoms with E-state index in [-0.39, 0.29) is 12.0 Å². The summed E-state index contributed by atoms with van der Waals surface area (Å²) in [7, 11) is 0. The number of likely N-dealkylation sites (N-methyl/N-ethyl adjacent to an activating group) is 1. The van der Waals surface area contributed by atoms with Gasteiger partial charge in [-0.15, -0.1) is 0 Å². The van der Waals surface area contributed by atoms with Crippen molar-refractivity contribution in [3.63, 3.8) is 0 Å². The Kier molecular flexibility index (Phi) is 6.46.